The Morgan fingerprint density at radius 2 is 1.89 bits per heavy atom. The molecule has 1 aromatic rings. The fourth-order valence-corrected chi connectivity index (χ4v) is 3.03. The molecule has 100 valence electrons. The predicted octanol–water partition coefficient (Wildman–Crippen LogP) is 2.78. The summed E-state index contributed by atoms with van der Waals surface area (Å²) in [5.74, 6) is 0.827. The minimum atomic E-state index is -0.784. The molecule has 0 aliphatic carbocycles. The van der Waals surface area contributed by atoms with Crippen LogP contribution in [0.5, 0.6) is 5.75 Å². The van der Waals surface area contributed by atoms with Crippen LogP contribution in [-0.4, -0.2) is 24.4 Å². The maximum Gasteiger partial charge on any atom is 0.119 e. The van der Waals surface area contributed by atoms with Crippen molar-refractivity contribution in [3.8, 4) is 5.75 Å². The van der Waals surface area contributed by atoms with Crippen LogP contribution in [0.4, 0.5) is 0 Å². The highest BCUT2D eigenvalue weighted by Gasteiger charge is 2.39. The zero-order valence-corrected chi connectivity index (χ0v) is 11.6. The van der Waals surface area contributed by atoms with Gasteiger partial charge in [0, 0.05) is 12.8 Å². The first kappa shape index (κ1) is 13.4. The summed E-state index contributed by atoms with van der Waals surface area (Å²) >= 11 is 0. The maximum atomic E-state index is 10.9. The lowest BCUT2D eigenvalue weighted by molar-refractivity contribution is -0.136. The minimum absolute atomic E-state index is 0.0836. The van der Waals surface area contributed by atoms with Crippen LogP contribution in [-0.2, 0) is 10.3 Å². The van der Waals surface area contributed by atoms with Crippen LogP contribution >= 0.6 is 0 Å². The van der Waals surface area contributed by atoms with Crippen molar-refractivity contribution in [2.45, 2.75) is 51.4 Å². The Hall–Kier alpha value is -1.06. The third kappa shape index (κ3) is 2.52. The van der Waals surface area contributed by atoms with Crippen molar-refractivity contribution in [2.24, 2.45) is 0 Å². The Morgan fingerprint density at radius 3 is 2.39 bits per heavy atom. The van der Waals surface area contributed by atoms with Crippen LogP contribution in [0.1, 0.15) is 37.8 Å². The van der Waals surface area contributed by atoms with Crippen molar-refractivity contribution >= 4 is 0 Å². The number of aliphatic hydroxyl groups is 1. The SMILES string of the molecule is COc1ccc(C2(O)CC(C)OC(C)C2)c(C)c1. The molecule has 0 amide bonds. The highest BCUT2D eigenvalue weighted by Crippen LogP contribution is 2.39. The van der Waals surface area contributed by atoms with E-state index in [0.29, 0.717) is 12.8 Å². The van der Waals surface area contributed by atoms with Crippen molar-refractivity contribution in [3.05, 3.63) is 29.3 Å². The summed E-state index contributed by atoms with van der Waals surface area (Å²) in [4.78, 5) is 0. The highest BCUT2D eigenvalue weighted by atomic mass is 16.5. The van der Waals surface area contributed by atoms with Gasteiger partial charge in [0.05, 0.1) is 24.9 Å². The first-order chi connectivity index (χ1) is 8.44. The molecule has 0 radical (unpaired) electrons. The molecular weight excluding hydrogens is 228 g/mol. The number of aryl methyl sites for hydroxylation is 1. The van der Waals surface area contributed by atoms with Gasteiger partial charge in [0.2, 0.25) is 0 Å². The lowest BCUT2D eigenvalue weighted by Crippen LogP contribution is -2.41. The Morgan fingerprint density at radius 1 is 1.28 bits per heavy atom. The van der Waals surface area contributed by atoms with E-state index in [1.54, 1.807) is 7.11 Å². The summed E-state index contributed by atoms with van der Waals surface area (Å²) in [5.41, 5.74) is 1.27. The lowest BCUT2D eigenvalue weighted by atomic mass is 9.80. The molecule has 1 fully saturated rings. The largest absolute Gasteiger partial charge is 0.497 e. The monoisotopic (exact) mass is 250 g/mol. The average Bonchev–Trinajstić information content (AvgIpc) is 2.26. The van der Waals surface area contributed by atoms with E-state index < -0.39 is 5.60 Å². The van der Waals surface area contributed by atoms with Gasteiger partial charge in [0.1, 0.15) is 5.75 Å². The van der Waals surface area contributed by atoms with Crippen LogP contribution in [0.2, 0.25) is 0 Å². The van der Waals surface area contributed by atoms with E-state index in [0.717, 1.165) is 16.9 Å². The molecule has 1 aliphatic rings. The second-order valence-electron chi connectivity index (χ2n) is 5.38. The first-order valence-corrected chi connectivity index (χ1v) is 6.47. The van der Waals surface area contributed by atoms with E-state index in [1.165, 1.54) is 0 Å². The van der Waals surface area contributed by atoms with Gasteiger partial charge in [-0.25, -0.2) is 0 Å². The van der Waals surface area contributed by atoms with E-state index >= 15 is 0 Å². The smallest absolute Gasteiger partial charge is 0.119 e. The van der Waals surface area contributed by atoms with Crippen molar-refractivity contribution < 1.29 is 14.6 Å². The number of hydrogen-bond donors (Lipinski definition) is 1. The average molecular weight is 250 g/mol. The summed E-state index contributed by atoms with van der Waals surface area (Å²) < 4.78 is 10.9. The predicted molar refractivity (Wildman–Crippen MR) is 70.9 cm³/mol. The molecule has 1 aromatic carbocycles. The Kier molecular flexibility index (Phi) is 3.64. The normalized spacial score (nSPS) is 32.3. The molecule has 0 bridgehead atoms. The third-order valence-corrected chi connectivity index (χ3v) is 3.65. The van der Waals surface area contributed by atoms with Crippen LogP contribution in [0.15, 0.2) is 18.2 Å². The Balaban J connectivity index is 2.34. The van der Waals surface area contributed by atoms with Gasteiger partial charge in [-0.3, -0.25) is 0 Å². The molecular formula is C15H22O3. The number of methoxy groups -OCH3 is 1. The van der Waals surface area contributed by atoms with Gasteiger partial charge in [-0.05, 0) is 44.0 Å². The standard InChI is InChI=1S/C15H22O3/c1-10-7-13(17-4)5-6-14(10)15(16)8-11(2)18-12(3)9-15/h5-7,11-12,16H,8-9H2,1-4H3. The quantitative estimate of drug-likeness (QED) is 0.877. The Bertz CT molecular complexity index is 418. The van der Waals surface area contributed by atoms with Gasteiger partial charge >= 0.3 is 0 Å². The molecule has 0 spiro atoms. The van der Waals surface area contributed by atoms with Gasteiger partial charge in [-0.1, -0.05) is 6.07 Å². The second kappa shape index (κ2) is 4.90. The number of ether oxygens (including phenoxy) is 2. The second-order valence-corrected chi connectivity index (χ2v) is 5.38. The fourth-order valence-electron chi connectivity index (χ4n) is 3.03. The fraction of sp³-hybridized carbons (Fsp3) is 0.600. The van der Waals surface area contributed by atoms with Crippen LogP contribution in [0.25, 0.3) is 0 Å². The maximum absolute atomic E-state index is 10.9. The molecule has 1 N–H and O–H groups in total. The molecule has 18 heavy (non-hydrogen) atoms. The molecule has 2 atom stereocenters. The lowest BCUT2D eigenvalue weighted by Gasteiger charge is -2.40. The van der Waals surface area contributed by atoms with Gasteiger partial charge in [-0.15, -0.1) is 0 Å². The number of benzene rings is 1. The van der Waals surface area contributed by atoms with E-state index in [9.17, 15) is 5.11 Å². The molecule has 2 unspecified atom stereocenters. The number of rotatable bonds is 2. The van der Waals surface area contributed by atoms with Crippen molar-refractivity contribution in [3.63, 3.8) is 0 Å². The van der Waals surface area contributed by atoms with Crippen LogP contribution < -0.4 is 4.74 Å². The zero-order chi connectivity index (χ0) is 13.3. The molecule has 1 heterocycles. The topological polar surface area (TPSA) is 38.7 Å². The van der Waals surface area contributed by atoms with E-state index in [1.807, 2.05) is 39.0 Å². The van der Waals surface area contributed by atoms with Crippen LogP contribution in [0.3, 0.4) is 0 Å². The van der Waals surface area contributed by atoms with E-state index in [2.05, 4.69) is 0 Å². The summed E-state index contributed by atoms with van der Waals surface area (Å²) in [6, 6.07) is 5.85. The third-order valence-electron chi connectivity index (χ3n) is 3.65. The van der Waals surface area contributed by atoms with Gasteiger partial charge in [0.15, 0.2) is 0 Å². The highest BCUT2D eigenvalue weighted by molar-refractivity contribution is 5.38. The summed E-state index contributed by atoms with van der Waals surface area (Å²) in [5, 5.41) is 10.9. The van der Waals surface area contributed by atoms with Gasteiger partial charge in [0.25, 0.3) is 0 Å². The van der Waals surface area contributed by atoms with Crippen molar-refractivity contribution in [2.75, 3.05) is 7.11 Å². The molecule has 1 saturated heterocycles. The molecule has 3 heteroatoms. The molecule has 2 rings (SSSR count). The van der Waals surface area contributed by atoms with Crippen molar-refractivity contribution in [1.82, 2.24) is 0 Å². The Labute approximate surface area is 109 Å². The minimum Gasteiger partial charge on any atom is -0.497 e. The van der Waals surface area contributed by atoms with Gasteiger partial charge in [-0.2, -0.15) is 0 Å². The molecule has 0 saturated carbocycles. The van der Waals surface area contributed by atoms with E-state index in [-0.39, 0.29) is 12.2 Å². The molecule has 0 aromatic heterocycles. The van der Waals surface area contributed by atoms with E-state index in [4.69, 9.17) is 9.47 Å². The van der Waals surface area contributed by atoms with Crippen LogP contribution in [0, 0.1) is 6.92 Å². The zero-order valence-electron chi connectivity index (χ0n) is 11.6. The summed E-state index contributed by atoms with van der Waals surface area (Å²) in [7, 11) is 1.65. The summed E-state index contributed by atoms with van der Waals surface area (Å²) in [6.07, 6.45) is 1.45. The molecule has 1 aliphatic heterocycles. The van der Waals surface area contributed by atoms with Gasteiger partial charge < -0.3 is 14.6 Å². The van der Waals surface area contributed by atoms with Crippen molar-refractivity contribution in [1.29, 1.82) is 0 Å². The number of hydrogen-bond acceptors (Lipinski definition) is 3. The first-order valence-electron chi connectivity index (χ1n) is 6.47. The molecule has 3 nitrogen and oxygen atoms in total. The summed E-state index contributed by atoms with van der Waals surface area (Å²) in [6.45, 7) is 6.04.